The van der Waals surface area contributed by atoms with E-state index in [1.165, 1.54) is 36.4 Å². The number of hydrogen-bond donors (Lipinski definition) is 4. The van der Waals surface area contributed by atoms with Gasteiger partial charge in [-0.25, -0.2) is 0 Å². The van der Waals surface area contributed by atoms with Crippen molar-refractivity contribution in [2.45, 2.75) is 9.79 Å². The lowest BCUT2D eigenvalue weighted by molar-refractivity contribution is 0.411. The van der Waals surface area contributed by atoms with Gasteiger partial charge in [0.05, 0.1) is 15.9 Å². The van der Waals surface area contributed by atoms with E-state index in [9.17, 15) is 31.2 Å². The fraction of sp³-hybridized carbons (Fsp3) is 0. The molecule has 6 aromatic carbocycles. The number of benzene rings is 6. The number of nitriles is 1. The monoisotopic (exact) mass is 895 g/mol. The maximum absolute atomic E-state index is 11.5. The van der Waals surface area contributed by atoms with Gasteiger partial charge in [0.2, 0.25) is 23.6 Å². The zero-order valence-corrected chi connectivity index (χ0v) is 34.6. The van der Waals surface area contributed by atoms with Crippen LogP contribution >= 0.6 is 0 Å². The molecule has 19 heteroatoms. The quantitative estimate of drug-likeness (QED) is 0.0742. The second kappa shape index (κ2) is 20.0. The summed E-state index contributed by atoms with van der Waals surface area (Å²) < 4.78 is 87.5. The number of anilines is 4. The fourth-order valence-electron chi connectivity index (χ4n) is 5.44. The van der Waals surface area contributed by atoms with Gasteiger partial charge in [0.15, 0.2) is 11.4 Å². The standard InChI is InChI=1S/C23H16N4O5S.C22H17N3O5S/c24-15-20-21(25-16-8-7-13-19(14-16)33(28,29)30)26-23(32-18-11-5-2-6-12-18)27-22(20)31-17-9-3-1-4-10-17;26-31(27,28)19-13-7-8-16(14-19)23-22-24-20(29-17-9-3-1-4-10-17)15-21(25-22)30-18-11-5-2-6-12-18/h1-14H,(H,25,26,27)(H,28,29,30);1-15H,(H,23,24,25)(H,26,27,28). The molecule has 0 unspecified atom stereocenters. The van der Waals surface area contributed by atoms with Gasteiger partial charge in [-0.3, -0.25) is 9.11 Å². The van der Waals surface area contributed by atoms with Gasteiger partial charge in [0.25, 0.3) is 20.2 Å². The van der Waals surface area contributed by atoms with E-state index < -0.39 is 20.2 Å². The van der Waals surface area contributed by atoms with E-state index >= 15 is 0 Å². The Bertz CT molecular complexity index is 3070. The fourth-order valence-corrected chi connectivity index (χ4v) is 6.50. The van der Waals surface area contributed by atoms with Crippen molar-refractivity contribution in [1.29, 1.82) is 5.26 Å². The van der Waals surface area contributed by atoms with Crippen LogP contribution in [0.4, 0.5) is 23.1 Å². The van der Waals surface area contributed by atoms with Crippen molar-refractivity contribution in [3.05, 3.63) is 181 Å². The second-order valence-electron chi connectivity index (χ2n) is 12.9. The number of hydrogen-bond acceptors (Lipinski definition) is 15. The molecule has 0 atom stereocenters. The molecule has 8 aromatic rings. The summed E-state index contributed by atoms with van der Waals surface area (Å²) in [5.74, 6) is 2.59. The van der Waals surface area contributed by atoms with Crippen molar-refractivity contribution in [2.24, 2.45) is 0 Å². The molecule has 64 heavy (non-hydrogen) atoms. The molecule has 0 aliphatic carbocycles. The van der Waals surface area contributed by atoms with Gasteiger partial charge in [-0.05, 0) is 84.9 Å². The summed E-state index contributed by atoms with van der Waals surface area (Å²) in [6.45, 7) is 0. The third-order valence-corrected chi connectivity index (χ3v) is 9.97. The summed E-state index contributed by atoms with van der Waals surface area (Å²) in [6.07, 6.45) is 0. The number of para-hydroxylation sites is 4. The first-order valence-electron chi connectivity index (χ1n) is 18.7. The smallest absolute Gasteiger partial charge is 0.327 e. The summed E-state index contributed by atoms with van der Waals surface area (Å²) in [7, 11) is -8.76. The zero-order valence-electron chi connectivity index (χ0n) is 33.0. The van der Waals surface area contributed by atoms with Crippen LogP contribution in [0.5, 0.6) is 46.6 Å². The molecule has 0 saturated carbocycles. The van der Waals surface area contributed by atoms with Gasteiger partial charge >= 0.3 is 6.01 Å². The Labute approximate surface area is 366 Å². The lowest BCUT2D eigenvalue weighted by Crippen LogP contribution is -2.05. The van der Waals surface area contributed by atoms with Crippen molar-refractivity contribution in [1.82, 2.24) is 19.9 Å². The highest BCUT2D eigenvalue weighted by Crippen LogP contribution is 2.33. The van der Waals surface area contributed by atoms with E-state index in [-0.39, 0.29) is 56.5 Å². The van der Waals surface area contributed by atoms with Gasteiger partial charge < -0.3 is 29.6 Å². The largest absolute Gasteiger partial charge is 0.439 e. The Hall–Kier alpha value is -8.41. The SMILES string of the molecule is N#Cc1c(Nc2cccc(S(=O)(=O)O)c2)nc(Oc2ccccc2)nc1Oc1ccccc1.O=S(=O)(O)c1cccc(Nc2nc(Oc3ccccc3)cc(Oc3ccccc3)n2)c1. The molecule has 0 aliphatic heterocycles. The lowest BCUT2D eigenvalue weighted by Gasteiger charge is -2.14. The predicted molar refractivity (Wildman–Crippen MR) is 234 cm³/mol. The first-order chi connectivity index (χ1) is 30.9. The van der Waals surface area contributed by atoms with Crippen molar-refractivity contribution >= 4 is 43.4 Å². The number of nitrogens with one attached hydrogen (secondary N) is 2. The third-order valence-electron chi connectivity index (χ3n) is 8.27. The van der Waals surface area contributed by atoms with Crippen LogP contribution < -0.4 is 29.6 Å². The molecule has 2 heterocycles. The van der Waals surface area contributed by atoms with Gasteiger partial charge in [-0.15, -0.1) is 0 Å². The van der Waals surface area contributed by atoms with Crippen molar-refractivity contribution < 1.29 is 44.9 Å². The van der Waals surface area contributed by atoms with E-state index in [1.807, 2.05) is 54.6 Å². The second-order valence-corrected chi connectivity index (χ2v) is 15.8. The maximum Gasteiger partial charge on any atom is 0.327 e. The highest BCUT2D eigenvalue weighted by Gasteiger charge is 2.20. The average molecular weight is 896 g/mol. The minimum atomic E-state index is -4.42. The first-order valence-corrected chi connectivity index (χ1v) is 21.6. The molecule has 0 saturated heterocycles. The molecule has 0 spiro atoms. The Morgan fingerprint density at radius 2 is 0.891 bits per heavy atom. The van der Waals surface area contributed by atoms with E-state index in [0.717, 1.165) is 0 Å². The van der Waals surface area contributed by atoms with Gasteiger partial charge in [0.1, 0.15) is 29.1 Å². The molecule has 8 rings (SSSR count). The Kier molecular flexibility index (Phi) is 13.6. The van der Waals surface area contributed by atoms with Crippen LogP contribution in [0.15, 0.2) is 186 Å². The van der Waals surface area contributed by atoms with Crippen LogP contribution in [0.1, 0.15) is 5.56 Å². The molecular weight excluding hydrogens is 863 g/mol. The van der Waals surface area contributed by atoms with Gasteiger partial charge in [-0.1, -0.05) is 84.9 Å². The molecule has 0 radical (unpaired) electrons. The molecule has 0 amide bonds. The van der Waals surface area contributed by atoms with E-state index in [0.29, 0.717) is 28.7 Å². The van der Waals surface area contributed by atoms with Crippen molar-refractivity contribution in [3.63, 3.8) is 0 Å². The summed E-state index contributed by atoms with van der Waals surface area (Å²) in [4.78, 5) is 16.6. The predicted octanol–water partition coefficient (Wildman–Crippen LogP) is 9.97. The van der Waals surface area contributed by atoms with Crippen molar-refractivity contribution in [2.75, 3.05) is 10.6 Å². The summed E-state index contributed by atoms with van der Waals surface area (Å²) in [5, 5.41) is 15.6. The Balaban J connectivity index is 0.000000192. The molecule has 0 fully saturated rings. The maximum atomic E-state index is 11.5. The molecule has 2 aromatic heterocycles. The van der Waals surface area contributed by atoms with E-state index in [2.05, 4.69) is 30.6 Å². The van der Waals surface area contributed by atoms with Crippen LogP contribution in [0.3, 0.4) is 0 Å². The van der Waals surface area contributed by atoms with Crippen LogP contribution in [0, 0.1) is 11.3 Å². The summed E-state index contributed by atoms with van der Waals surface area (Å²) in [6, 6.07) is 50.2. The highest BCUT2D eigenvalue weighted by atomic mass is 32.2. The number of ether oxygens (including phenoxy) is 4. The zero-order chi connectivity index (χ0) is 44.9. The average Bonchev–Trinajstić information content (AvgIpc) is 3.28. The molecule has 4 N–H and O–H groups in total. The Morgan fingerprint density at radius 1 is 0.469 bits per heavy atom. The van der Waals surface area contributed by atoms with Crippen LogP contribution in [0.2, 0.25) is 0 Å². The van der Waals surface area contributed by atoms with Crippen LogP contribution in [0.25, 0.3) is 0 Å². The molecule has 0 bridgehead atoms. The number of nitrogens with zero attached hydrogens (tertiary/aromatic N) is 5. The third kappa shape index (κ3) is 12.3. The van der Waals surface area contributed by atoms with Crippen molar-refractivity contribution in [3.8, 4) is 52.7 Å². The normalized spacial score (nSPS) is 10.9. The minimum Gasteiger partial charge on any atom is -0.439 e. The Morgan fingerprint density at radius 3 is 1.33 bits per heavy atom. The topological polar surface area (TPSA) is 245 Å². The molecule has 320 valence electrons. The summed E-state index contributed by atoms with van der Waals surface area (Å²) >= 11 is 0. The van der Waals surface area contributed by atoms with Gasteiger partial charge in [0, 0.05) is 11.4 Å². The van der Waals surface area contributed by atoms with Crippen LogP contribution in [-0.4, -0.2) is 45.9 Å². The summed E-state index contributed by atoms with van der Waals surface area (Å²) in [5.41, 5.74) is 0.589. The highest BCUT2D eigenvalue weighted by molar-refractivity contribution is 7.86. The minimum absolute atomic E-state index is 0.0249. The van der Waals surface area contributed by atoms with E-state index in [1.54, 1.807) is 91.0 Å². The van der Waals surface area contributed by atoms with Gasteiger partial charge in [-0.2, -0.15) is 42.0 Å². The van der Waals surface area contributed by atoms with E-state index in [4.69, 9.17) is 18.9 Å². The molecule has 17 nitrogen and oxygen atoms in total. The first kappa shape index (κ1) is 43.7. The molecular formula is C45H33N7O10S2. The number of aromatic nitrogens is 4. The van der Waals surface area contributed by atoms with Crippen LogP contribution in [-0.2, 0) is 20.2 Å². The number of rotatable bonds is 14. The lowest BCUT2D eigenvalue weighted by atomic mass is 10.2. The molecule has 0 aliphatic rings.